The zero-order chi connectivity index (χ0) is 22.1. The topological polar surface area (TPSA) is 52.0 Å². The Morgan fingerprint density at radius 3 is 2.42 bits per heavy atom. The maximum absolute atomic E-state index is 13.4. The number of rotatable bonds is 5. The van der Waals surface area contributed by atoms with Gasteiger partial charge in [0, 0.05) is 5.56 Å². The molecular weight excluding hydrogens is 404 g/mol. The van der Waals surface area contributed by atoms with Crippen molar-refractivity contribution < 1.29 is 4.79 Å². The minimum absolute atomic E-state index is 0.0280. The molecule has 0 amide bonds. The maximum atomic E-state index is 13.4. The van der Waals surface area contributed by atoms with Crippen LogP contribution in [-0.2, 0) is 0 Å². The van der Waals surface area contributed by atoms with Crippen molar-refractivity contribution in [2.75, 3.05) is 5.75 Å². The summed E-state index contributed by atoms with van der Waals surface area (Å²) < 4.78 is 1.62. The largest absolute Gasteiger partial charge is 0.293 e. The molecule has 156 valence electrons. The van der Waals surface area contributed by atoms with E-state index in [1.807, 2.05) is 82.3 Å². The monoisotopic (exact) mass is 428 g/mol. The Morgan fingerprint density at radius 1 is 0.903 bits per heavy atom. The maximum Gasteiger partial charge on any atom is 0.266 e. The lowest BCUT2D eigenvalue weighted by molar-refractivity contribution is 0.102. The lowest BCUT2D eigenvalue weighted by atomic mass is 10.0. The number of thioether (sulfide) groups is 1. The van der Waals surface area contributed by atoms with Gasteiger partial charge >= 0.3 is 0 Å². The third-order valence-electron chi connectivity index (χ3n) is 5.52. The third-order valence-corrected chi connectivity index (χ3v) is 6.46. The van der Waals surface area contributed by atoms with Gasteiger partial charge in [0.25, 0.3) is 5.56 Å². The lowest BCUT2D eigenvalue weighted by Crippen LogP contribution is -2.22. The number of aromatic nitrogens is 2. The van der Waals surface area contributed by atoms with Crippen LogP contribution in [0.2, 0.25) is 0 Å². The van der Waals surface area contributed by atoms with Crippen LogP contribution in [0.3, 0.4) is 0 Å². The summed E-state index contributed by atoms with van der Waals surface area (Å²) in [4.78, 5) is 31.1. The number of ketones is 1. The van der Waals surface area contributed by atoms with Gasteiger partial charge in [-0.2, -0.15) is 0 Å². The summed E-state index contributed by atoms with van der Waals surface area (Å²) in [7, 11) is 0. The minimum Gasteiger partial charge on any atom is -0.293 e. The molecule has 1 aromatic heterocycles. The SMILES string of the molecule is Cc1ccc(C)c(C(=O)CSc2nc3ccccc3c(=O)n2-c2ccc(C)c(C)c2)c1. The lowest BCUT2D eigenvalue weighted by Gasteiger charge is -2.14. The quantitative estimate of drug-likeness (QED) is 0.236. The van der Waals surface area contributed by atoms with E-state index in [2.05, 4.69) is 0 Å². The van der Waals surface area contributed by atoms with E-state index >= 15 is 0 Å². The molecule has 0 aliphatic rings. The van der Waals surface area contributed by atoms with Crippen LogP contribution in [0, 0.1) is 27.7 Å². The second-order valence-electron chi connectivity index (χ2n) is 7.85. The molecule has 0 aliphatic heterocycles. The summed E-state index contributed by atoms with van der Waals surface area (Å²) in [6, 6.07) is 19.1. The van der Waals surface area contributed by atoms with Crippen molar-refractivity contribution in [1.82, 2.24) is 9.55 Å². The van der Waals surface area contributed by atoms with Gasteiger partial charge in [0.1, 0.15) is 0 Å². The van der Waals surface area contributed by atoms with Crippen molar-refractivity contribution in [2.45, 2.75) is 32.9 Å². The number of carbonyl (C=O) groups excluding carboxylic acids is 1. The van der Waals surface area contributed by atoms with E-state index in [9.17, 15) is 9.59 Å². The highest BCUT2D eigenvalue weighted by molar-refractivity contribution is 7.99. The van der Waals surface area contributed by atoms with Gasteiger partial charge in [-0.25, -0.2) is 4.98 Å². The van der Waals surface area contributed by atoms with Gasteiger partial charge in [-0.15, -0.1) is 0 Å². The Morgan fingerprint density at radius 2 is 1.65 bits per heavy atom. The Hall–Kier alpha value is -3.18. The fourth-order valence-corrected chi connectivity index (χ4v) is 4.44. The first-order valence-electron chi connectivity index (χ1n) is 10.2. The van der Waals surface area contributed by atoms with E-state index in [0.29, 0.717) is 21.6 Å². The van der Waals surface area contributed by atoms with Crippen LogP contribution in [-0.4, -0.2) is 21.1 Å². The number of carbonyl (C=O) groups is 1. The third kappa shape index (κ3) is 4.19. The molecule has 0 saturated carbocycles. The van der Waals surface area contributed by atoms with Gasteiger partial charge in [0.05, 0.1) is 22.3 Å². The van der Waals surface area contributed by atoms with Gasteiger partial charge in [-0.3, -0.25) is 14.2 Å². The molecule has 1 heterocycles. The molecule has 0 unspecified atom stereocenters. The van der Waals surface area contributed by atoms with Crippen molar-refractivity contribution >= 4 is 28.4 Å². The van der Waals surface area contributed by atoms with E-state index in [0.717, 1.165) is 27.9 Å². The van der Waals surface area contributed by atoms with Gasteiger partial charge < -0.3 is 0 Å². The number of Topliss-reactive ketones (excluding diaryl/α,β-unsaturated/α-hetero) is 1. The second-order valence-corrected chi connectivity index (χ2v) is 8.79. The standard InChI is InChI=1S/C26H24N2O2S/c1-16-9-10-18(3)22(13-16)24(29)15-31-26-27-23-8-6-5-7-21(23)25(30)28(26)20-12-11-17(2)19(4)14-20/h5-14H,15H2,1-4H3. The van der Waals surface area contributed by atoms with Gasteiger partial charge in [-0.1, -0.05) is 47.7 Å². The van der Waals surface area contributed by atoms with E-state index in [1.165, 1.54) is 11.8 Å². The first-order valence-corrected chi connectivity index (χ1v) is 11.2. The predicted octanol–water partition coefficient (Wildman–Crippen LogP) is 5.59. The first kappa shape index (κ1) is 21.1. The Bertz CT molecular complexity index is 1370. The summed E-state index contributed by atoms with van der Waals surface area (Å²) in [6.45, 7) is 7.98. The molecule has 0 N–H and O–H groups in total. The number of hydrogen-bond donors (Lipinski definition) is 0. The van der Waals surface area contributed by atoms with E-state index < -0.39 is 0 Å². The van der Waals surface area contributed by atoms with Crippen molar-refractivity contribution in [1.29, 1.82) is 0 Å². The Labute approximate surface area is 186 Å². The zero-order valence-corrected chi connectivity index (χ0v) is 18.9. The summed E-state index contributed by atoms with van der Waals surface area (Å²) in [5.74, 6) is 0.236. The van der Waals surface area contributed by atoms with Crippen LogP contribution in [0.4, 0.5) is 0 Å². The van der Waals surface area contributed by atoms with Crippen LogP contribution in [0.15, 0.2) is 70.6 Å². The number of aryl methyl sites for hydroxylation is 4. The van der Waals surface area contributed by atoms with Crippen LogP contribution in [0.1, 0.15) is 32.6 Å². The molecule has 3 aromatic carbocycles. The number of hydrogen-bond acceptors (Lipinski definition) is 4. The molecule has 0 aliphatic carbocycles. The van der Waals surface area contributed by atoms with E-state index in [-0.39, 0.29) is 17.1 Å². The summed E-state index contributed by atoms with van der Waals surface area (Å²) in [6.07, 6.45) is 0. The molecule has 0 atom stereocenters. The van der Waals surface area contributed by atoms with E-state index in [4.69, 9.17) is 4.98 Å². The van der Waals surface area contributed by atoms with Crippen molar-refractivity contribution in [3.05, 3.63) is 98.8 Å². The molecule has 0 spiro atoms. The van der Waals surface area contributed by atoms with Gasteiger partial charge in [-0.05, 0) is 74.7 Å². The molecule has 0 radical (unpaired) electrons. The molecule has 31 heavy (non-hydrogen) atoms. The highest BCUT2D eigenvalue weighted by Gasteiger charge is 2.17. The van der Waals surface area contributed by atoms with Crippen molar-refractivity contribution in [2.24, 2.45) is 0 Å². The average molecular weight is 429 g/mol. The minimum atomic E-state index is -0.129. The molecule has 4 nitrogen and oxygen atoms in total. The number of fused-ring (bicyclic) bond motifs is 1. The highest BCUT2D eigenvalue weighted by Crippen LogP contribution is 2.24. The van der Waals surface area contributed by atoms with Gasteiger partial charge in [0.15, 0.2) is 10.9 Å². The highest BCUT2D eigenvalue weighted by atomic mass is 32.2. The molecule has 4 aromatic rings. The fraction of sp³-hybridized carbons (Fsp3) is 0.192. The molecule has 0 fully saturated rings. The number of para-hydroxylation sites is 1. The zero-order valence-electron chi connectivity index (χ0n) is 18.1. The normalized spacial score (nSPS) is 11.1. The molecule has 5 heteroatoms. The Kier molecular flexibility index (Phi) is 5.79. The van der Waals surface area contributed by atoms with Crippen LogP contribution in [0.25, 0.3) is 16.6 Å². The Balaban J connectivity index is 1.79. The molecular formula is C26H24N2O2S. The summed E-state index contributed by atoms with van der Waals surface area (Å²) in [5.41, 5.74) is 6.24. The van der Waals surface area contributed by atoms with Crippen molar-refractivity contribution in [3.8, 4) is 5.69 Å². The molecule has 4 rings (SSSR count). The van der Waals surface area contributed by atoms with E-state index in [1.54, 1.807) is 10.6 Å². The first-order chi connectivity index (χ1) is 14.8. The average Bonchev–Trinajstić information content (AvgIpc) is 2.76. The summed E-state index contributed by atoms with van der Waals surface area (Å²) in [5, 5.41) is 1.08. The fourth-order valence-electron chi connectivity index (χ4n) is 3.55. The molecule has 0 saturated heterocycles. The molecule has 0 bridgehead atoms. The van der Waals surface area contributed by atoms with Crippen LogP contribution < -0.4 is 5.56 Å². The number of benzene rings is 3. The summed E-state index contributed by atoms with van der Waals surface area (Å²) >= 11 is 1.30. The van der Waals surface area contributed by atoms with Crippen molar-refractivity contribution in [3.63, 3.8) is 0 Å². The second kappa shape index (κ2) is 8.52. The number of nitrogens with zero attached hydrogens (tertiary/aromatic N) is 2. The predicted molar refractivity (Wildman–Crippen MR) is 128 cm³/mol. The smallest absolute Gasteiger partial charge is 0.266 e. The van der Waals surface area contributed by atoms with Gasteiger partial charge in [0.2, 0.25) is 0 Å². The van der Waals surface area contributed by atoms with Crippen LogP contribution >= 0.6 is 11.8 Å². The van der Waals surface area contributed by atoms with Crippen LogP contribution in [0.5, 0.6) is 0 Å².